The van der Waals surface area contributed by atoms with Gasteiger partial charge < -0.3 is 0 Å². The third-order valence-electron chi connectivity index (χ3n) is 4.84. The van der Waals surface area contributed by atoms with Crippen molar-refractivity contribution in [2.45, 2.75) is 54.1 Å². The fourth-order valence-corrected chi connectivity index (χ4v) is 4.07. The smallest absolute Gasteiger partial charge is 0.269 e. The topological polar surface area (TPSA) is 69.7 Å². The Kier molecular flexibility index (Phi) is 9.28. The molecule has 0 saturated heterocycles. The fraction of sp³-hybridized carbons (Fsp3) is 0.429. The molecule has 0 fully saturated rings. The van der Waals surface area contributed by atoms with E-state index in [9.17, 15) is 42.2 Å². The van der Waals surface area contributed by atoms with Crippen molar-refractivity contribution >= 4 is 31.2 Å². The summed E-state index contributed by atoms with van der Waals surface area (Å²) in [6.07, 6.45) is -11.8. The molecule has 2 aromatic rings. The molecule has 1 radical (unpaired) electrons. The van der Waals surface area contributed by atoms with Crippen LogP contribution in [0.15, 0.2) is 48.5 Å². The molecule has 0 saturated carbocycles. The molecule has 2 rings (SSSR count). The summed E-state index contributed by atoms with van der Waals surface area (Å²) in [6.45, 7) is 4.26. The zero-order valence-electron chi connectivity index (χ0n) is 19.1. The molecule has 2 aromatic carbocycles. The van der Waals surface area contributed by atoms with Gasteiger partial charge in [-0.3, -0.25) is 4.70 Å². The van der Waals surface area contributed by atoms with E-state index in [2.05, 4.69) is 4.18 Å². The van der Waals surface area contributed by atoms with Gasteiger partial charge in [-0.05, 0) is 13.8 Å². The predicted octanol–water partition coefficient (Wildman–Crippen LogP) is 5.83. The fourth-order valence-electron chi connectivity index (χ4n) is 3.06. The monoisotopic (exact) mass is 657 g/mol. The second-order valence-electron chi connectivity index (χ2n) is 8.41. The maximum absolute atomic E-state index is 14.2. The van der Waals surface area contributed by atoms with Gasteiger partial charge in [-0.25, -0.2) is 4.39 Å². The molecule has 0 aliphatic heterocycles. The Balaban J connectivity index is 0.00000648. The van der Waals surface area contributed by atoms with Crippen LogP contribution in [0.5, 0.6) is 11.5 Å². The molecule has 0 heterocycles. The van der Waals surface area contributed by atoms with E-state index in [4.69, 9.17) is 4.74 Å². The van der Waals surface area contributed by atoms with Crippen LogP contribution < -0.4 is 8.92 Å². The second kappa shape index (κ2) is 10.4. The van der Waals surface area contributed by atoms with Crippen LogP contribution in [0.25, 0.3) is 0 Å². The number of rotatable bonds is 8. The van der Waals surface area contributed by atoms with Gasteiger partial charge in [0.1, 0.15) is 0 Å². The van der Waals surface area contributed by atoms with E-state index in [0.717, 1.165) is 12.1 Å². The Morgan fingerprint density at radius 2 is 1.06 bits per heavy atom. The molecule has 36 heavy (non-hydrogen) atoms. The summed E-state index contributed by atoms with van der Waals surface area (Å²) in [5.41, 5.74) is -6.96. The summed E-state index contributed by atoms with van der Waals surface area (Å²) in [7, 11) is -4.87. The first kappa shape index (κ1) is 32.1. The van der Waals surface area contributed by atoms with E-state index in [1.807, 2.05) is 0 Å². The summed E-state index contributed by atoms with van der Waals surface area (Å²) in [4.78, 5) is 0. The quantitative estimate of drug-likeness (QED) is 0.204. The van der Waals surface area contributed by atoms with E-state index in [-0.39, 0.29) is 10.5 Å². The molecule has 201 valence electrons. The molecule has 0 amide bonds. The Hall–Kier alpha value is -1.97. The molecular weight excluding hydrogens is 635 g/mol. The van der Waals surface area contributed by atoms with Gasteiger partial charge in [0.15, 0.2) is 0 Å². The molecule has 15 heteroatoms. The normalized spacial score (nSPS) is 13.5. The van der Waals surface area contributed by atoms with Gasteiger partial charge in [0.25, 0.3) is 0 Å². The van der Waals surface area contributed by atoms with Crippen molar-refractivity contribution in [1.29, 1.82) is 0 Å². The van der Waals surface area contributed by atoms with Crippen molar-refractivity contribution in [3.05, 3.63) is 59.7 Å². The maximum Gasteiger partial charge on any atom is -0.269 e. The van der Waals surface area contributed by atoms with Gasteiger partial charge in [0.2, 0.25) is 5.00 Å². The largest absolute Gasteiger partial charge is 0.269 e. The number of benzene rings is 2. The first-order valence-electron chi connectivity index (χ1n) is 9.74. The summed E-state index contributed by atoms with van der Waals surface area (Å²) in [5.74, 6) is -0.747. The van der Waals surface area contributed by atoms with Crippen LogP contribution in [0.3, 0.4) is 0 Å². The van der Waals surface area contributed by atoms with Crippen LogP contribution >= 0.6 is 0 Å². The third-order valence-corrected chi connectivity index (χ3v) is 8.14. The zero-order chi connectivity index (χ0) is 27.1. The number of hydrogen-bond donors (Lipinski definition) is 0. The van der Waals surface area contributed by atoms with Crippen LogP contribution in [0.1, 0.15) is 38.8 Å². The Labute approximate surface area is 212 Å². The van der Waals surface area contributed by atoms with Crippen molar-refractivity contribution in [3.8, 4) is 11.5 Å². The second-order valence-corrected chi connectivity index (χ2v) is 14.5. The van der Waals surface area contributed by atoms with E-state index in [0.29, 0.717) is 50.2 Å². The van der Waals surface area contributed by atoms with Crippen molar-refractivity contribution in [2.24, 2.45) is 0 Å². The molecule has 0 aromatic heterocycles. The van der Waals surface area contributed by atoms with E-state index < -0.39 is 74.5 Å². The van der Waals surface area contributed by atoms with E-state index in [1.54, 1.807) is 0 Å². The average molecular weight is 656 g/mol. The molecule has 0 aliphatic rings. The summed E-state index contributed by atoms with van der Waals surface area (Å²) in [6, 6.07) is 4.99. The molecule has 0 bridgehead atoms. The van der Waals surface area contributed by atoms with Crippen molar-refractivity contribution in [1.82, 2.24) is 0 Å². The van der Waals surface area contributed by atoms with Crippen LogP contribution in [-0.4, -0.2) is 50.5 Å². The summed E-state index contributed by atoms with van der Waals surface area (Å²) >= 11 is -2.24. The number of halogens is 8. The Morgan fingerprint density at radius 1 is 0.694 bits per heavy atom. The first-order chi connectivity index (χ1) is 15.7. The average Bonchev–Trinajstić information content (AvgIpc) is 2.67. The molecule has 0 spiro atoms. The molecule has 0 atom stereocenters. The van der Waals surface area contributed by atoms with E-state index in [1.165, 1.54) is 13.8 Å². The summed E-state index contributed by atoms with van der Waals surface area (Å²) in [5, 5.41) is -2.87. The van der Waals surface area contributed by atoms with Gasteiger partial charge in [-0.1, -0.05) is 0 Å². The molecular formula is C21H21F8O5SSn. The van der Waals surface area contributed by atoms with Crippen molar-refractivity contribution in [2.75, 3.05) is 0 Å². The van der Waals surface area contributed by atoms with Crippen LogP contribution in [-0.2, 0) is 18.6 Å². The third kappa shape index (κ3) is 6.29. The number of hydrogen-bond acceptors (Lipinski definition) is 5. The molecule has 5 nitrogen and oxygen atoms in total. The first-order valence-corrected chi connectivity index (χ1v) is 13.7. The van der Waals surface area contributed by atoms with Gasteiger partial charge in [-0.15, -0.1) is 0 Å². The van der Waals surface area contributed by atoms with Gasteiger partial charge in [-0.2, -0.15) is 8.42 Å². The number of alkyl halides is 7. The minimum atomic E-state index is -5.88. The minimum Gasteiger partial charge on any atom is -0.269 e. The molecule has 0 unspecified atom stereocenters. The van der Waals surface area contributed by atoms with Crippen LogP contribution in [0, 0.1) is 0 Å². The van der Waals surface area contributed by atoms with Gasteiger partial charge in [0.05, 0.1) is 0 Å². The standard InChI is InChI=1S/C21H20F7O4S.FH.O.Sn/c1-13(2)31-16-9-5-14(6-10-16)19(20(23,24)25,21(26,27)28)15-7-11-17(12-8-15)32-33(29,30)18(3,4)22;;;/h5-12H,1-4H3;1H;;. The minimum absolute atomic E-state index is 0. The molecule has 0 N–H and O–H groups in total. The summed E-state index contributed by atoms with van der Waals surface area (Å²) < 4.78 is 143. The number of ether oxygens (including phenoxy) is 1. The van der Waals surface area contributed by atoms with Gasteiger partial charge in [0, 0.05) is 0 Å². The van der Waals surface area contributed by atoms with Crippen molar-refractivity contribution in [3.63, 3.8) is 0 Å². The van der Waals surface area contributed by atoms with Crippen molar-refractivity contribution < 1.29 is 55.9 Å². The SMILES string of the molecule is C[C](C)(Oc1ccc(C(c2ccc(OS(=O)(=O)C(C)(C)F)cc2)(C(F)(F)F)C(F)(F)F)cc1)[Sn]=[O].F. The van der Waals surface area contributed by atoms with Crippen LogP contribution in [0.4, 0.5) is 35.4 Å². The maximum atomic E-state index is 14.2. The Morgan fingerprint density at radius 3 is 1.36 bits per heavy atom. The van der Waals surface area contributed by atoms with Crippen LogP contribution in [0.2, 0.25) is 0 Å². The Bertz CT molecular complexity index is 1140. The van der Waals surface area contributed by atoms with Gasteiger partial charge >= 0.3 is 176 Å². The molecule has 0 aliphatic carbocycles. The zero-order valence-corrected chi connectivity index (χ0v) is 22.8. The predicted molar refractivity (Wildman–Crippen MR) is 114 cm³/mol. The van der Waals surface area contributed by atoms with E-state index >= 15 is 0 Å².